The molecular weight excluding hydrogens is 140 g/mol. The number of fused-ring (bicyclic) bond motifs is 6. The zero-order valence-electron chi connectivity index (χ0n) is 6.31. The number of ether oxygens (including phenoxy) is 1. The summed E-state index contributed by atoms with van der Waals surface area (Å²) in [5, 5.41) is 9.77. The van der Waals surface area contributed by atoms with Gasteiger partial charge in [-0.1, -0.05) is 12.2 Å². The molecule has 1 aliphatic carbocycles. The SMILES string of the molecule is OC1[C@H]2CC[C@@H]1[C@H]1C=C[C@@H]2O1. The summed E-state index contributed by atoms with van der Waals surface area (Å²) in [4.78, 5) is 0. The minimum Gasteiger partial charge on any atom is -0.392 e. The van der Waals surface area contributed by atoms with Crippen LogP contribution >= 0.6 is 0 Å². The summed E-state index contributed by atoms with van der Waals surface area (Å²) in [6, 6.07) is 0. The zero-order valence-corrected chi connectivity index (χ0v) is 6.31. The van der Waals surface area contributed by atoms with Crippen molar-refractivity contribution in [3.05, 3.63) is 12.2 Å². The lowest BCUT2D eigenvalue weighted by atomic mass is 9.93. The van der Waals surface area contributed by atoms with Crippen LogP contribution in [0.1, 0.15) is 12.8 Å². The predicted molar refractivity (Wildman–Crippen MR) is 40.0 cm³/mol. The number of aliphatic hydroxyl groups is 1. The molecule has 2 heterocycles. The third-order valence-electron chi connectivity index (χ3n) is 3.36. The molecule has 0 spiro atoms. The number of rotatable bonds is 0. The van der Waals surface area contributed by atoms with Gasteiger partial charge in [-0.2, -0.15) is 0 Å². The van der Waals surface area contributed by atoms with E-state index in [9.17, 15) is 5.11 Å². The molecule has 0 amide bonds. The summed E-state index contributed by atoms with van der Waals surface area (Å²) >= 11 is 0. The van der Waals surface area contributed by atoms with Gasteiger partial charge in [0.25, 0.3) is 0 Å². The van der Waals surface area contributed by atoms with Crippen molar-refractivity contribution in [2.24, 2.45) is 11.8 Å². The van der Waals surface area contributed by atoms with E-state index in [1.807, 2.05) is 0 Å². The average molecular weight is 152 g/mol. The van der Waals surface area contributed by atoms with Crippen molar-refractivity contribution < 1.29 is 9.84 Å². The molecule has 2 heteroatoms. The predicted octanol–water partition coefficient (Wildman–Crippen LogP) is 0.711. The van der Waals surface area contributed by atoms with Crippen molar-refractivity contribution in [2.45, 2.75) is 31.2 Å². The van der Waals surface area contributed by atoms with Crippen molar-refractivity contribution >= 4 is 0 Å². The smallest absolute Gasteiger partial charge is 0.0817 e. The van der Waals surface area contributed by atoms with E-state index in [0.29, 0.717) is 11.8 Å². The summed E-state index contributed by atoms with van der Waals surface area (Å²) < 4.78 is 5.68. The molecule has 0 aromatic rings. The fourth-order valence-corrected chi connectivity index (χ4v) is 2.74. The second kappa shape index (κ2) is 1.87. The minimum atomic E-state index is -0.0891. The van der Waals surface area contributed by atoms with Gasteiger partial charge >= 0.3 is 0 Å². The van der Waals surface area contributed by atoms with E-state index in [1.165, 1.54) is 0 Å². The first-order valence-corrected chi connectivity index (χ1v) is 4.38. The summed E-state index contributed by atoms with van der Waals surface area (Å²) in [5.74, 6) is 0.796. The van der Waals surface area contributed by atoms with E-state index in [2.05, 4.69) is 12.2 Å². The van der Waals surface area contributed by atoms with E-state index in [-0.39, 0.29) is 18.3 Å². The number of hydrogen-bond donors (Lipinski definition) is 1. The van der Waals surface area contributed by atoms with Crippen molar-refractivity contribution in [1.82, 2.24) is 0 Å². The van der Waals surface area contributed by atoms with Crippen LogP contribution in [0.5, 0.6) is 0 Å². The van der Waals surface area contributed by atoms with Crippen LogP contribution in [0.4, 0.5) is 0 Å². The second-order valence-electron chi connectivity index (χ2n) is 3.85. The Balaban J connectivity index is 2.02. The standard InChI is InChI=1S/C9H12O2/c10-9-5-1-2-6(9)8-4-3-7(5)11-8/h3-10H,1-2H2/t5-,6+,7-,8+,9?. The van der Waals surface area contributed by atoms with Gasteiger partial charge in [-0.25, -0.2) is 0 Å². The van der Waals surface area contributed by atoms with Gasteiger partial charge in [0, 0.05) is 11.8 Å². The highest BCUT2D eigenvalue weighted by molar-refractivity contribution is 5.15. The lowest BCUT2D eigenvalue weighted by Crippen LogP contribution is -2.40. The lowest BCUT2D eigenvalue weighted by molar-refractivity contribution is -0.0961. The van der Waals surface area contributed by atoms with E-state index in [1.54, 1.807) is 0 Å². The fraction of sp³-hybridized carbons (Fsp3) is 0.778. The van der Waals surface area contributed by atoms with Gasteiger partial charge in [-0.05, 0) is 12.8 Å². The first-order chi connectivity index (χ1) is 5.36. The molecule has 1 N–H and O–H groups in total. The Kier molecular flexibility index (Phi) is 1.06. The molecule has 2 aliphatic heterocycles. The molecule has 3 aliphatic rings. The Bertz CT molecular complexity index is 192. The largest absolute Gasteiger partial charge is 0.392 e. The van der Waals surface area contributed by atoms with Crippen molar-refractivity contribution in [3.63, 3.8) is 0 Å². The maximum Gasteiger partial charge on any atom is 0.0817 e. The molecule has 0 aromatic heterocycles. The van der Waals surface area contributed by atoms with E-state index < -0.39 is 0 Å². The molecule has 0 aromatic carbocycles. The summed E-state index contributed by atoms with van der Waals surface area (Å²) in [5.41, 5.74) is 0. The highest BCUT2D eigenvalue weighted by atomic mass is 16.5. The fourth-order valence-electron chi connectivity index (χ4n) is 2.74. The van der Waals surface area contributed by atoms with E-state index >= 15 is 0 Å². The molecule has 2 fully saturated rings. The summed E-state index contributed by atoms with van der Waals surface area (Å²) in [6.45, 7) is 0. The molecule has 3 rings (SSSR count). The Morgan fingerprint density at radius 3 is 2.18 bits per heavy atom. The first-order valence-electron chi connectivity index (χ1n) is 4.38. The van der Waals surface area contributed by atoms with Gasteiger partial charge in [0.05, 0.1) is 18.3 Å². The lowest BCUT2D eigenvalue weighted by Gasteiger charge is -2.32. The van der Waals surface area contributed by atoms with Crippen LogP contribution in [0.2, 0.25) is 0 Å². The molecule has 0 radical (unpaired) electrons. The van der Waals surface area contributed by atoms with Crippen LogP contribution in [0.3, 0.4) is 0 Å². The number of aliphatic hydroxyl groups excluding tert-OH is 1. The zero-order chi connectivity index (χ0) is 7.42. The Labute approximate surface area is 65.9 Å². The molecule has 5 atom stereocenters. The van der Waals surface area contributed by atoms with Gasteiger partial charge in [-0.15, -0.1) is 0 Å². The highest BCUT2D eigenvalue weighted by Gasteiger charge is 2.50. The van der Waals surface area contributed by atoms with Crippen molar-refractivity contribution in [2.75, 3.05) is 0 Å². The van der Waals surface area contributed by atoms with Gasteiger partial charge in [0.2, 0.25) is 0 Å². The Hall–Kier alpha value is -0.340. The Morgan fingerprint density at radius 1 is 1.09 bits per heavy atom. The van der Waals surface area contributed by atoms with E-state index in [4.69, 9.17) is 4.74 Å². The van der Waals surface area contributed by atoms with Crippen LogP contribution in [-0.4, -0.2) is 23.4 Å². The van der Waals surface area contributed by atoms with Crippen molar-refractivity contribution in [1.29, 1.82) is 0 Å². The van der Waals surface area contributed by atoms with Crippen LogP contribution in [0.15, 0.2) is 12.2 Å². The monoisotopic (exact) mass is 152 g/mol. The summed E-state index contributed by atoms with van der Waals surface area (Å²) in [6.07, 6.45) is 6.92. The van der Waals surface area contributed by atoms with Gasteiger partial charge < -0.3 is 9.84 Å². The maximum absolute atomic E-state index is 9.77. The third kappa shape index (κ3) is 0.644. The quantitative estimate of drug-likeness (QED) is 0.518. The molecule has 60 valence electrons. The van der Waals surface area contributed by atoms with E-state index in [0.717, 1.165) is 12.8 Å². The van der Waals surface area contributed by atoms with Gasteiger partial charge in [-0.3, -0.25) is 0 Å². The highest BCUT2D eigenvalue weighted by Crippen LogP contribution is 2.46. The second-order valence-corrected chi connectivity index (χ2v) is 3.85. The maximum atomic E-state index is 9.77. The Morgan fingerprint density at radius 2 is 1.64 bits per heavy atom. The van der Waals surface area contributed by atoms with Crippen LogP contribution in [0, 0.1) is 11.8 Å². The molecular formula is C9H12O2. The molecule has 11 heavy (non-hydrogen) atoms. The van der Waals surface area contributed by atoms with Gasteiger partial charge in [0.15, 0.2) is 0 Å². The normalized spacial score (nSPS) is 58.8. The first kappa shape index (κ1) is 6.21. The molecule has 1 saturated heterocycles. The minimum absolute atomic E-state index is 0.0891. The average Bonchev–Trinajstić information content (AvgIpc) is 2.42. The summed E-state index contributed by atoms with van der Waals surface area (Å²) in [7, 11) is 0. The third-order valence-corrected chi connectivity index (χ3v) is 3.36. The number of hydrogen-bond acceptors (Lipinski definition) is 2. The molecule has 1 unspecified atom stereocenters. The van der Waals surface area contributed by atoms with Crippen LogP contribution in [0.25, 0.3) is 0 Å². The van der Waals surface area contributed by atoms with Crippen LogP contribution < -0.4 is 0 Å². The van der Waals surface area contributed by atoms with Gasteiger partial charge in [0.1, 0.15) is 0 Å². The molecule has 4 bridgehead atoms. The molecule has 2 nitrogen and oxygen atoms in total. The van der Waals surface area contributed by atoms with Crippen LogP contribution in [-0.2, 0) is 4.74 Å². The van der Waals surface area contributed by atoms with Crippen molar-refractivity contribution in [3.8, 4) is 0 Å². The topological polar surface area (TPSA) is 29.5 Å². The molecule has 1 saturated carbocycles.